The van der Waals surface area contributed by atoms with Crippen LogP contribution >= 0.6 is 0 Å². The average molecular weight is 305 g/mol. The van der Waals surface area contributed by atoms with E-state index in [1.807, 2.05) is 0 Å². The number of alkyl halides is 3. The summed E-state index contributed by atoms with van der Waals surface area (Å²) in [5, 5.41) is 0. The van der Waals surface area contributed by atoms with E-state index in [2.05, 4.69) is 15.0 Å². The normalized spacial score (nSPS) is 11.6. The van der Waals surface area contributed by atoms with Gasteiger partial charge in [-0.25, -0.2) is 9.97 Å². The smallest absolute Gasteiger partial charge is 0.433 e. The van der Waals surface area contributed by atoms with E-state index in [0.717, 1.165) is 6.07 Å². The van der Waals surface area contributed by atoms with Gasteiger partial charge in [-0.05, 0) is 30.3 Å². The minimum Gasteiger partial charge on any atom is -0.471 e. The first-order chi connectivity index (χ1) is 10.5. The first kappa shape index (κ1) is 14.2. The Bertz CT molecular complexity index is 805. The van der Waals surface area contributed by atoms with Crippen LogP contribution in [-0.2, 0) is 12.8 Å². The van der Waals surface area contributed by atoms with Gasteiger partial charge in [0.05, 0.1) is 16.7 Å². The second-order valence-corrected chi connectivity index (χ2v) is 4.49. The van der Waals surface area contributed by atoms with Crippen molar-refractivity contribution in [2.45, 2.75) is 12.8 Å². The molecule has 3 aromatic rings. The van der Waals surface area contributed by atoms with Gasteiger partial charge >= 0.3 is 6.18 Å². The van der Waals surface area contributed by atoms with Gasteiger partial charge in [-0.3, -0.25) is 4.98 Å². The first-order valence-corrected chi connectivity index (χ1v) is 6.40. The Hall–Kier alpha value is -2.70. The van der Waals surface area contributed by atoms with Crippen LogP contribution in [0.5, 0.6) is 5.88 Å². The van der Waals surface area contributed by atoms with Crippen molar-refractivity contribution in [1.29, 1.82) is 0 Å². The molecule has 0 saturated heterocycles. The van der Waals surface area contributed by atoms with E-state index >= 15 is 0 Å². The molecule has 22 heavy (non-hydrogen) atoms. The van der Waals surface area contributed by atoms with Crippen LogP contribution in [0.3, 0.4) is 0 Å². The van der Waals surface area contributed by atoms with Crippen molar-refractivity contribution in [1.82, 2.24) is 15.0 Å². The minimum atomic E-state index is -4.47. The number of halogens is 3. The molecule has 0 aromatic carbocycles. The number of nitrogens with zero attached hydrogens (tertiary/aromatic N) is 3. The highest BCUT2D eigenvalue weighted by molar-refractivity contribution is 5.74. The van der Waals surface area contributed by atoms with E-state index in [4.69, 9.17) is 4.74 Å². The number of hydrogen-bond donors (Lipinski definition) is 0. The molecule has 3 heterocycles. The third-order valence-corrected chi connectivity index (χ3v) is 2.90. The van der Waals surface area contributed by atoms with E-state index in [1.165, 1.54) is 12.1 Å². The topological polar surface area (TPSA) is 47.9 Å². The minimum absolute atomic E-state index is 0.0946. The maximum atomic E-state index is 12.6. The molecule has 0 spiro atoms. The molecular formula is C15H10F3N3O. The van der Waals surface area contributed by atoms with Gasteiger partial charge < -0.3 is 4.74 Å². The van der Waals surface area contributed by atoms with Crippen LogP contribution in [-0.4, -0.2) is 15.0 Å². The van der Waals surface area contributed by atoms with Crippen LogP contribution in [0.25, 0.3) is 11.0 Å². The van der Waals surface area contributed by atoms with Crippen LogP contribution in [0, 0.1) is 0 Å². The number of aromatic nitrogens is 3. The van der Waals surface area contributed by atoms with Gasteiger partial charge in [0, 0.05) is 12.3 Å². The van der Waals surface area contributed by atoms with Crippen molar-refractivity contribution < 1.29 is 17.9 Å². The summed E-state index contributed by atoms with van der Waals surface area (Å²) in [5.74, 6) is 0.305. The zero-order valence-electron chi connectivity index (χ0n) is 11.2. The van der Waals surface area contributed by atoms with E-state index in [-0.39, 0.29) is 12.3 Å². The molecule has 0 radical (unpaired) electrons. The third kappa shape index (κ3) is 3.13. The van der Waals surface area contributed by atoms with Crippen LogP contribution in [0.2, 0.25) is 0 Å². The van der Waals surface area contributed by atoms with Crippen molar-refractivity contribution in [3.8, 4) is 5.88 Å². The predicted octanol–water partition coefficient (Wildman–Crippen LogP) is 3.62. The maximum absolute atomic E-state index is 12.6. The predicted molar refractivity (Wildman–Crippen MR) is 73.1 cm³/mol. The second kappa shape index (κ2) is 5.59. The maximum Gasteiger partial charge on any atom is 0.433 e. The van der Waals surface area contributed by atoms with Gasteiger partial charge in [0.25, 0.3) is 0 Å². The number of fused-ring (bicyclic) bond motifs is 1. The lowest BCUT2D eigenvalue weighted by Crippen LogP contribution is -2.10. The van der Waals surface area contributed by atoms with Crippen LogP contribution in [0.4, 0.5) is 13.2 Å². The molecule has 0 fully saturated rings. The van der Waals surface area contributed by atoms with E-state index in [0.29, 0.717) is 16.9 Å². The van der Waals surface area contributed by atoms with Gasteiger partial charge in [0.15, 0.2) is 0 Å². The van der Waals surface area contributed by atoms with Gasteiger partial charge in [-0.2, -0.15) is 13.2 Å². The third-order valence-electron chi connectivity index (χ3n) is 2.90. The summed E-state index contributed by atoms with van der Waals surface area (Å²) in [5.41, 5.74) is 0.608. The molecule has 0 unspecified atom stereocenters. The van der Waals surface area contributed by atoms with Gasteiger partial charge in [0.2, 0.25) is 5.88 Å². The molecular weight excluding hydrogens is 295 g/mol. The molecule has 0 atom stereocenters. The summed E-state index contributed by atoms with van der Waals surface area (Å²) in [6, 6.07) is 10.6. The van der Waals surface area contributed by atoms with Crippen molar-refractivity contribution in [3.05, 3.63) is 60.0 Å². The van der Waals surface area contributed by atoms with Crippen LogP contribution < -0.4 is 4.74 Å². The van der Waals surface area contributed by atoms with Gasteiger partial charge in [0.1, 0.15) is 12.3 Å². The summed E-state index contributed by atoms with van der Waals surface area (Å²) in [4.78, 5) is 11.9. The van der Waals surface area contributed by atoms with Gasteiger partial charge in [-0.1, -0.05) is 6.07 Å². The number of hydrogen-bond acceptors (Lipinski definition) is 4. The molecule has 0 aliphatic carbocycles. The summed E-state index contributed by atoms with van der Waals surface area (Å²) in [6.07, 6.45) is -2.82. The number of ether oxygens (including phenoxy) is 1. The quantitative estimate of drug-likeness (QED) is 0.741. The Morgan fingerprint density at radius 3 is 2.59 bits per heavy atom. The van der Waals surface area contributed by atoms with Crippen molar-refractivity contribution in [2.24, 2.45) is 0 Å². The Morgan fingerprint density at radius 2 is 1.77 bits per heavy atom. The largest absolute Gasteiger partial charge is 0.471 e. The van der Waals surface area contributed by atoms with Gasteiger partial charge in [-0.15, -0.1) is 0 Å². The Kier molecular flexibility index (Phi) is 3.62. The Labute approximate surface area is 123 Å². The van der Waals surface area contributed by atoms with E-state index < -0.39 is 11.9 Å². The fourth-order valence-corrected chi connectivity index (χ4v) is 1.88. The van der Waals surface area contributed by atoms with Crippen molar-refractivity contribution in [2.75, 3.05) is 0 Å². The molecule has 112 valence electrons. The molecule has 0 aliphatic heterocycles. The number of rotatable bonds is 3. The van der Waals surface area contributed by atoms with Crippen LogP contribution in [0.15, 0.2) is 48.7 Å². The van der Waals surface area contributed by atoms with E-state index in [9.17, 15) is 13.2 Å². The molecule has 3 rings (SSSR count). The molecule has 0 bridgehead atoms. The lowest BCUT2D eigenvalue weighted by molar-refractivity contribution is -0.141. The molecule has 0 aliphatic rings. The highest BCUT2D eigenvalue weighted by atomic mass is 19.4. The zero-order valence-corrected chi connectivity index (χ0v) is 11.2. The zero-order chi connectivity index (χ0) is 15.6. The molecule has 3 aromatic heterocycles. The second-order valence-electron chi connectivity index (χ2n) is 4.49. The summed E-state index contributed by atoms with van der Waals surface area (Å²) in [6.45, 7) is -0.0946. The lowest BCUT2D eigenvalue weighted by Gasteiger charge is -2.09. The Morgan fingerprint density at radius 1 is 0.909 bits per heavy atom. The van der Waals surface area contributed by atoms with Crippen molar-refractivity contribution >= 4 is 11.0 Å². The highest BCUT2D eigenvalue weighted by Gasteiger charge is 2.32. The fourth-order valence-electron chi connectivity index (χ4n) is 1.88. The summed E-state index contributed by atoms with van der Waals surface area (Å²) >= 11 is 0. The fraction of sp³-hybridized carbons (Fsp3) is 0.133. The first-order valence-electron chi connectivity index (χ1n) is 6.40. The summed E-state index contributed by atoms with van der Waals surface area (Å²) < 4.78 is 43.1. The number of pyridine rings is 3. The SMILES string of the molecule is FC(F)(F)c1cccc(COc2ccc3ncccc3n2)n1. The molecule has 4 nitrogen and oxygen atoms in total. The molecule has 0 saturated carbocycles. The molecule has 0 amide bonds. The molecule has 7 heteroatoms. The average Bonchev–Trinajstić information content (AvgIpc) is 2.52. The molecule has 0 N–H and O–H groups in total. The Balaban J connectivity index is 1.76. The van der Waals surface area contributed by atoms with E-state index in [1.54, 1.807) is 30.5 Å². The summed E-state index contributed by atoms with van der Waals surface area (Å²) in [7, 11) is 0. The lowest BCUT2D eigenvalue weighted by atomic mass is 10.3. The van der Waals surface area contributed by atoms with Crippen molar-refractivity contribution in [3.63, 3.8) is 0 Å². The monoisotopic (exact) mass is 305 g/mol. The standard InChI is InChI=1S/C15H10F3N3O/c16-15(17,18)13-5-1-3-10(20-13)9-22-14-7-6-11-12(21-14)4-2-8-19-11/h1-8H,9H2. The van der Waals surface area contributed by atoms with Crippen LogP contribution in [0.1, 0.15) is 11.4 Å². The highest BCUT2D eigenvalue weighted by Crippen LogP contribution is 2.27.